The largest absolute Gasteiger partial charge is 0.311 e. The van der Waals surface area contributed by atoms with Crippen LogP contribution in [-0.4, -0.2) is 0 Å². The topological polar surface area (TPSA) is 81.1 Å². The quantitative estimate of drug-likeness (QED) is 0.122. The first-order valence-corrected chi connectivity index (χ1v) is 22.6. The van der Waals surface area contributed by atoms with E-state index in [1.807, 2.05) is 182 Å². The molecule has 0 aliphatic heterocycles. The Hall–Kier alpha value is -9.93. The molecule has 0 spiro atoms. The van der Waals surface area contributed by atoms with Gasteiger partial charge in [-0.25, -0.2) is 0 Å². The predicted octanol–water partition coefficient (Wildman–Crippen LogP) is 16.7. The van der Waals surface area contributed by atoms with E-state index in [1.165, 1.54) is 0 Å². The maximum absolute atomic E-state index is 11.4. The summed E-state index contributed by atoms with van der Waals surface area (Å²) in [5, 5.41) is 34.2. The Morgan fingerprint density at radius 1 is 0.217 bits per heavy atom. The molecular formula is C63H42N6. The fourth-order valence-electron chi connectivity index (χ4n) is 9.11. The van der Waals surface area contributed by atoms with Crippen molar-refractivity contribution in [3.63, 3.8) is 0 Å². The van der Waals surface area contributed by atoms with Crippen molar-refractivity contribution in [3.05, 3.63) is 271 Å². The number of para-hydroxylation sites is 6. The first kappa shape index (κ1) is 43.0. The summed E-state index contributed by atoms with van der Waals surface area (Å²) in [4.78, 5) is 6.49. The SMILES string of the molecule is N#Cc1c(-c2ccc(N(c3ccccc3)c3ccccc3)cc2)c(C#N)c(-c2cccc(N(c3ccccc3)c3ccccc3)c2)c(C#N)c1-c1ccc(N(c2ccccc2)c2ccccc2)cc1. The molecule has 0 amide bonds. The number of hydrogen-bond acceptors (Lipinski definition) is 6. The molecule has 6 heteroatoms. The fourth-order valence-corrected chi connectivity index (χ4v) is 9.11. The van der Waals surface area contributed by atoms with Gasteiger partial charge in [-0.15, -0.1) is 0 Å². The predicted molar refractivity (Wildman–Crippen MR) is 281 cm³/mol. The van der Waals surface area contributed by atoms with Crippen LogP contribution in [0.1, 0.15) is 16.7 Å². The van der Waals surface area contributed by atoms with Gasteiger partial charge in [0.25, 0.3) is 0 Å². The van der Waals surface area contributed by atoms with Crippen LogP contribution in [0.2, 0.25) is 0 Å². The number of anilines is 9. The Labute approximate surface area is 402 Å². The molecule has 0 aliphatic carbocycles. The number of nitriles is 3. The van der Waals surface area contributed by atoms with E-state index in [-0.39, 0.29) is 16.7 Å². The Bertz CT molecular complexity index is 3210. The van der Waals surface area contributed by atoms with Crippen LogP contribution in [0.15, 0.2) is 255 Å². The van der Waals surface area contributed by atoms with Crippen molar-refractivity contribution < 1.29 is 0 Å². The Morgan fingerprint density at radius 2 is 0.449 bits per heavy atom. The molecule has 10 rings (SSSR count). The molecular weight excluding hydrogens is 841 g/mol. The summed E-state index contributed by atoms with van der Waals surface area (Å²) in [7, 11) is 0. The second kappa shape index (κ2) is 19.7. The summed E-state index contributed by atoms with van der Waals surface area (Å²) in [6.07, 6.45) is 0. The van der Waals surface area contributed by atoms with Gasteiger partial charge in [-0.2, -0.15) is 15.8 Å². The lowest BCUT2D eigenvalue weighted by Crippen LogP contribution is -2.10. The molecule has 6 nitrogen and oxygen atoms in total. The zero-order chi connectivity index (χ0) is 46.9. The van der Waals surface area contributed by atoms with Gasteiger partial charge in [-0.3, -0.25) is 0 Å². The van der Waals surface area contributed by atoms with E-state index in [2.05, 4.69) is 106 Å². The third-order valence-corrected chi connectivity index (χ3v) is 12.1. The van der Waals surface area contributed by atoms with Crippen LogP contribution in [0.25, 0.3) is 33.4 Å². The van der Waals surface area contributed by atoms with Crippen molar-refractivity contribution in [2.24, 2.45) is 0 Å². The summed E-state index contributed by atoms with van der Waals surface area (Å²) >= 11 is 0. The number of hydrogen-bond donors (Lipinski definition) is 0. The zero-order valence-electron chi connectivity index (χ0n) is 37.4. The van der Waals surface area contributed by atoms with Gasteiger partial charge < -0.3 is 14.7 Å². The zero-order valence-corrected chi connectivity index (χ0v) is 37.4. The Balaban J connectivity index is 1.20. The van der Waals surface area contributed by atoms with Gasteiger partial charge in [-0.1, -0.05) is 146 Å². The van der Waals surface area contributed by atoms with E-state index in [9.17, 15) is 15.8 Å². The number of rotatable bonds is 12. The van der Waals surface area contributed by atoms with Gasteiger partial charge in [0, 0.05) is 67.9 Å². The van der Waals surface area contributed by atoms with Crippen molar-refractivity contribution in [2.75, 3.05) is 14.7 Å². The van der Waals surface area contributed by atoms with Crippen molar-refractivity contribution >= 4 is 51.2 Å². The molecule has 0 saturated heterocycles. The Kier molecular flexibility index (Phi) is 12.3. The van der Waals surface area contributed by atoms with E-state index in [0.29, 0.717) is 33.4 Å². The molecule has 0 N–H and O–H groups in total. The molecule has 0 radical (unpaired) electrons. The molecule has 0 heterocycles. The Morgan fingerprint density at radius 3 is 0.725 bits per heavy atom. The molecule has 0 unspecified atom stereocenters. The third-order valence-electron chi connectivity index (χ3n) is 12.1. The van der Waals surface area contributed by atoms with Gasteiger partial charge >= 0.3 is 0 Å². The lowest BCUT2D eigenvalue weighted by molar-refractivity contribution is 1.28. The summed E-state index contributed by atoms with van der Waals surface area (Å²) in [6.45, 7) is 0. The van der Waals surface area contributed by atoms with E-state index < -0.39 is 0 Å². The van der Waals surface area contributed by atoms with E-state index in [4.69, 9.17) is 0 Å². The van der Waals surface area contributed by atoms with Crippen LogP contribution in [0.3, 0.4) is 0 Å². The van der Waals surface area contributed by atoms with Crippen LogP contribution in [-0.2, 0) is 0 Å². The average Bonchev–Trinajstić information content (AvgIpc) is 3.42. The highest BCUT2D eigenvalue weighted by molar-refractivity contribution is 5.99. The van der Waals surface area contributed by atoms with Crippen molar-refractivity contribution in [3.8, 4) is 51.6 Å². The molecule has 10 aromatic carbocycles. The third kappa shape index (κ3) is 8.56. The van der Waals surface area contributed by atoms with Gasteiger partial charge in [-0.05, 0) is 126 Å². The molecule has 0 aliphatic rings. The van der Waals surface area contributed by atoms with E-state index in [0.717, 1.165) is 51.2 Å². The summed E-state index contributed by atoms with van der Waals surface area (Å²) in [6, 6.07) is 92.3. The smallest absolute Gasteiger partial charge is 0.101 e. The van der Waals surface area contributed by atoms with Crippen molar-refractivity contribution in [1.29, 1.82) is 15.8 Å². The standard InChI is InChI=1S/C63H42N6/c64-43-58-61(46-34-38-55(39-35-46)67(49-21-7-1-8-22-49)50-23-9-2-10-24-50)59(44-65)63(48-20-19-33-57(42-48)69(53-29-15-5-16-30-53)54-31-17-6-18-32-54)60(45-66)62(58)47-36-40-56(41-37-47)68(51-25-11-3-12-26-51)52-27-13-4-14-28-52/h1-42H. The van der Waals surface area contributed by atoms with Gasteiger partial charge in [0.15, 0.2) is 0 Å². The first-order valence-electron chi connectivity index (χ1n) is 22.6. The number of benzene rings is 10. The first-order chi connectivity index (χ1) is 34.1. The van der Waals surface area contributed by atoms with Crippen LogP contribution in [0.4, 0.5) is 51.2 Å². The normalized spacial score (nSPS) is 10.6. The minimum atomic E-state index is 0.238. The summed E-state index contributed by atoms with van der Waals surface area (Å²) in [5.41, 5.74) is 12.5. The van der Waals surface area contributed by atoms with Crippen molar-refractivity contribution in [2.45, 2.75) is 0 Å². The molecule has 10 aromatic rings. The molecule has 0 aromatic heterocycles. The summed E-state index contributed by atoms with van der Waals surface area (Å²) < 4.78 is 0. The second-order valence-electron chi connectivity index (χ2n) is 16.2. The lowest BCUT2D eigenvalue weighted by Gasteiger charge is -2.27. The second-order valence-corrected chi connectivity index (χ2v) is 16.2. The van der Waals surface area contributed by atoms with Crippen LogP contribution < -0.4 is 14.7 Å². The van der Waals surface area contributed by atoms with Crippen LogP contribution >= 0.6 is 0 Å². The van der Waals surface area contributed by atoms with Crippen molar-refractivity contribution in [1.82, 2.24) is 0 Å². The highest BCUT2D eigenvalue weighted by Crippen LogP contribution is 2.47. The molecule has 0 atom stereocenters. The minimum Gasteiger partial charge on any atom is -0.311 e. The van der Waals surface area contributed by atoms with Crippen LogP contribution in [0.5, 0.6) is 0 Å². The minimum absolute atomic E-state index is 0.238. The molecule has 69 heavy (non-hydrogen) atoms. The van der Waals surface area contributed by atoms with E-state index >= 15 is 0 Å². The fraction of sp³-hybridized carbons (Fsp3) is 0. The maximum atomic E-state index is 11.4. The maximum Gasteiger partial charge on any atom is 0.101 e. The van der Waals surface area contributed by atoms with Crippen LogP contribution in [0, 0.1) is 34.0 Å². The van der Waals surface area contributed by atoms with Gasteiger partial charge in [0.2, 0.25) is 0 Å². The van der Waals surface area contributed by atoms with Gasteiger partial charge in [0.1, 0.15) is 18.2 Å². The lowest BCUT2D eigenvalue weighted by atomic mass is 9.80. The summed E-state index contributed by atoms with van der Waals surface area (Å²) in [5.74, 6) is 0. The molecule has 324 valence electrons. The number of nitrogens with zero attached hydrogens (tertiary/aromatic N) is 6. The monoisotopic (exact) mass is 882 g/mol. The highest BCUT2D eigenvalue weighted by atomic mass is 15.2. The van der Waals surface area contributed by atoms with E-state index in [1.54, 1.807) is 0 Å². The molecule has 0 fully saturated rings. The van der Waals surface area contributed by atoms with Gasteiger partial charge in [0.05, 0.1) is 16.7 Å². The molecule has 0 bridgehead atoms. The average molecular weight is 883 g/mol. The highest BCUT2D eigenvalue weighted by Gasteiger charge is 2.28. The molecule has 0 saturated carbocycles.